The van der Waals surface area contributed by atoms with Crippen LogP contribution in [0, 0.1) is 20.2 Å². The van der Waals surface area contributed by atoms with E-state index in [4.69, 9.17) is 17.3 Å². The van der Waals surface area contributed by atoms with Gasteiger partial charge in [-0.05, 0) is 235 Å². The quantitative estimate of drug-likeness (QED) is 0.0256. The van der Waals surface area contributed by atoms with Crippen molar-refractivity contribution in [3.63, 3.8) is 0 Å². The standard InChI is InChI=1S/C32H26N5.2C25H21N2.C16H11N4O4.C15H15N.C8H7ClN2.2BrH.3ClH/c1-2-37-30-10-6-3-7-26(30)27-12-11-25(21-31(27)37)36-19-15-24(16-20-36)23-13-17-35(18-14-23)22-32-33-28-8-4-5-9-29(28)34-32;2*1-2-21-22-5-3-4-6-23(22)24-8-7-20(17-25(21)24)27-15-11-19(12-16-27)18-9-13-26-14-10-18;21-19(22)14-1-2-15(16(11-14)20(23)24)18-9-5-13(6-10-18)12-3-7-17-8-4-12;1-2-11-12-5-3-4-6-13(12)14-8-7-10(16)9-15(11)14;9-5-8-10-6-3-1-2-4-7(6)11-8;;;;;/h3-21H,2,22H2,1H3;2*3-17,21H,2H2,1H3;1-11H;3-9,11H,2,16H2,1H3;1-4H,5H2,(H,10,11);5*1H/q4*+1;;;;;;;/p-4. The van der Waals surface area contributed by atoms with Gasteiger partial charge in [0.25, 0.3) is 11.4 Å². The smallest absolute Gasteiger partial charge is 0.347 e. The number of halogens is 6. The van der Waals surface area contributed by atoms with Gasteiger partial charge in [-0.15, -0.1) is 11.6 Å². The summed E-state index contributed by atoms with van der Waals surface area (Å²) in [5.74, 6) is 3.73. The maximum absolute atomic E-state index is 11.2. The molecule has 22 aromatic rings. The number of pyridine rings is 8. The lowest BCUT2D eigenvalue weighted by atomic mass is 9.94. The molecular weight excluding hydrogens is 2040 g/mol. The topological polar surface area (TPSA) is 233 Å². The summed E-state index contributed by atoms with van der Waals surface area (Å²) in [4.78, 5) is 48.3. The number of alkyl halides is 1. The first-order valence-corrected chi connectivity index (χ1v) is 48.4. The van der Waals surface area contributed by atoms with Crippen LogP contribution in [0.5, 0.6) is 0 Å². The van der Waals surface area contributed by atoms with Gasteiger partial charge in [-0.25, -0.2) is 9.97 Å². The summed E-state index contributed by atoms with van der Waals surface area (Å²) in [7, 11) is 0. The predicted molar refractivity (Wildman–Crippen MR) is 564 cm³/mol. The van der Waals surface area contributed by atoms with Crippen molar-refractivity contribution in [2.75, 3.05) is 5.73 Å². The molecule has 0 amide bonds. The molecule has 0 radical (unpaired) electrons. The van der Waals surface area contributed by atoms with Gasteiger partial charge in [0.15, 0.2) is 67.8 Å². The van der Waals surface area contributed by atoms with E-state index in [1.807, 2.05) is 110 Å². The number of aromatic amines is 2. The average Bonchev–Trinajstić information content (AvgIpc) is 1.63. The summed E-state index contributed by atoms with van der Waals surface area (Å²) < 4.78 is 12.7. The number of nitro benzene ring substituents is 2. The van der Waals surface area contributed by atoms with Crippen molar-refractivity contribution in [1.29, 1.82) is 0 Å². The predicted octanol–water partition coefficient (Wildman–Crippen LogP) is 11.0. The number of nitrogen functional groups attached to an aromatic ring is 1. The maximum Gasteiger partial charge on any atom is 0.347 e. The third-order valence-electron chi connectivity index (χ3n) is 26.9. The van der Waals surface area contributed by atoms with Crippen molar-refractivity contribution in [3.05, 3.63) is 498 Å². The molecule has 0 saturated carbocycles. The number of nitrogens with one attached hydrogen (secondary N) is 2. The van der Waals surface area contributed by atoms with E-state index in [0.717, 1.165) is 88.1 Å². The van der Waals surface area contributed by atoms with E-state index in [-0.39, 0.29) is 88.2 Å². The Hall–Kier alpha value is -15.9. The second kappa shape index (κ2) is 48.2. The van der Waals surface area contributed by atoms with Crippen molar-refractivity contribution >= 4 is 72.5 Å². The molecule has 3 atom stereocenters. The lowest BCUT2D eigenvalue weighted by molar-refractivity contribution is -0.689. The summed E-state index contributed by atoms with van der Waals surface area (Å²) in [6, 6.07) is 114. The van der Waals surface area contributed by atoms with Crippen molar-refractivity contribution in [3.8, 4) is 101 Å². The largest absolute Gasteiger partial charge is 1.00 e. The van der Waals surface area contributed by atoms with Gasteiger partial charge >= 0.3 is 5.69 Å². The molecular formula is C121H102Br2Cl4N16O4. The Kier molecular flexibility index (Phi) is 34.5. The molecule has 0 fully saturated rings. The van der Waals surface area contributed by atoms with Gasteiger partial charge in [0.1, 0.15) is 11.9 Å². The minimum atomic E-state index is -0.659. The minimum absolute atomic E-state index is 0. The van der Waals surface area contributed by atoms with Gasteiger partial charge in [-0.1, -0.05) is 142 Å². The fourth-order valence-electron chi connectivity index (χ4n) is 20.0. The monoisotopic (exact) mass is 2140 g/mol. The highest BCUT2D eigenvalue weighted by Crippen LogP contribution is 2.50. The first-order chi connectivity index (χ1) is 69.7. The van der Waals surface area contributed by atoms with E-state index in [1.54, 1.807) is 41.5 Å². The highest BCUT2D eigenvalue weighted by Gasteiger charge is 2.33. The molecule has 11 aromatic heterocycles. The Morgan fingerprint density at radius 2 is 0.701 bits per heavy atom. The summed E-state index contributed by atoms with van der Waals surface area (Å²) in [6.07, 6.45) is 34.5. The number of anilines is 1. The molecule has 4 N–H and O–H groups in total. The second-order valence-electron chi connectivity index (χ2n) is 35.2. The van der Waals surface area contributed by atoms with Crippen LogP contribution in [0.3, 0.4) is 0 Å². The number of hydrogen-bond acceptors (Lipinski definition) is 10. The van der Waals surface area contributed by atoms with Crippen LogP contribution in [0.25, 0.3) is 145 Å². The number of imidazole rings is 2. The first-order valence-electron chi connectivity index (χ1n) is 47.8. The van der Waals surface area contributed by atoms with Crippen molar-refractivity contribution in [2.24, 2.45) is 0 Å². The SMILES string of the molecule is CCC1c2ccccc2-c2ccc(-[n+]3ccc(-c4ccncc4)cc3)cc21.CCC1c2ccccc2-c2ccc(-[n+]3ccc(-c4ccncc4)cc3)cc21.CCC1c2ccccc2-c2ccc(N)cc21.CCn1c2ccccc2c2ccc(-[n+]3ccc(-c4cc[n+](Cc5nc6ccccc6[nH]5)cc4)cc3)cc21.ClCc1nc2ccccc2[nH]1.O=[N+]([O-])c1ccc(-[n+]2ccc(-c3ccncc3)cc2)c([N+](=O)[O-])c1.[Br-].[Br-].[Cl-].[Cl-].[Cl-]. The van der Waals surface area contributed by atoms with E-state index in [0.29, 0.717) is 30.2 Å². The zero-order valence-corrected chi connectivity index (χ0v) is 87.0. The zero-order chi connectivity index (χ0) is 97.1. The van der Waals surface area contributed by atoms with Crippen LogP contribution < -0.4 is 99.8 Å². The number of rotatable bonds is 17. The molecule has 25 rings (SSSR count). The van der Waals surface area contributed by atoms with Crippen molar-refractivity contribution in [2.45, 2.75) is 83.7 Å². The molecule has 0 spiro atoms. The number of H-pyrrole nitrogens is 2. The summed E-state index contributed by atoms with van der Waals surface area (Å²) in [5, 5.41) is 24.6. The number of nitro groups is 2. The van der Waals surface area contributed by atoms with Crippen LogP contribution in [-0.2, 0) is 19.0 Å². The number of fused-ring (bicyclic) bond motifs is 14. The third-order valence-corrected chi connectivity index (χ3v) is 27.2. The van der Waals surface area contributed by atoms with Gasteiger partial charge in [0, 0.05) is 193 Å². The van der Waals surface area contributed by atoms with Gasteiger partial charge in [0.2, 0.25) is 23.6 Å². The van der Waals surface area contributed by atoms with Crippen LogP contribution in [0.15, 0.2) is 433 Å². The van der Waals surface area contributed by atoms with Gasteiger partial charge < -0.3 is 91.5 Å². The number of aryl methyl sites for hydroxylation is 1. The van der Waals surface area contributed by atoms with Gasteiger partial charge in [0.05, 0.1) is 43.3 Å². The Morgan fingerprint density at radius 1 is 0.347 bits per heavy atom. The number of para-hydroxylation sites is 5. The Morgan fingerprint density at radius 3 is 1.12 bits per heavy atom. The average molecular weight is 2150 g/mol. The summed E-state index contributed by atoms with van der Waals surface area (Å²) in [6.45, 7) is 10.7. The van der Waals surface area contributed by atoms with E-state index in [2.05, 4.69) is 353 Å². The molecule has 11 aromatic carbocycles. The van der Waals surface area contributed by atoms with Crippen molar-refractivity contribution < 1.29 is 104 Å². The molecule has 3 unspecified atom stereocenters. The van der Waals surface area contributed by atoms with Crippen LogP contribution in [0.4, 0.5) is 17.1 Å². The third kappa shape index (κ3) is 22.6. The molecule has 20 nitrogen and oxygen atoms in total. The number of aromatic nitrogens is 13. The van der Waals surface area contributed by atoms with E-state index < -0.39 is 9.85 Å². The molecule has 0 aliphatic heterocycles. The summed E-state index contributed by atoms with van der Waals surface area (Å²) in [5.41, 5.74) is 42.6. The number of nitrogens with two attached hydrogens (primary N) is 1. The van der Waals surface area contributed by atoms with Crippen LogP contribution in [-0.4, -0.2) is 49.3 Å². The zero-order valence-electron chi connectivity index (χ0n) is 80.8. The Balaban J connectivity index is 0.000000135. The lowest BCUT2D eigenvalue weighted by Crippen LogP contribution is -3.00. The van der Waals surface area contributed by atoms with E-state index in [1.165, 1.54) is 145 Å². The fraction of sp³-hybridized carbons (Fsp3) is 0.107. The fourth-order valence-corrected chi connectivity index (χ4v) is 20.1. The number of hydrogen-bond donors (Lipinski definition) is 3. The van der Waals surface area contributed by atoms with Crippen LogP contribution in [0.2, 0.25) is 0 Å². The highest BCUT2D eigenvalue weighted by atomic mass is 79.9. The van der Waals surface area contributed by atoms with Gasteiger partial charge in [-0.3, -0.25) is 35.2 Å². The van der Waals surface area contributed by atoms with E-state index in [9.17, 15) is 20.2 Å². The molecule has 3 aliphatic carbocycles. The van der Waals surface area contributed by atoms with Crippen LogP contribution in [0.1, 0.15) is 110 Å². The molecule has 147 heavy (non-hydrogen) atoms. The van der Waals surface area contributed by atoms with E-state index >= 15 is 0 Å². The molecule has 0 saturated heterocycles. The number of nitrogens with zero attached hydrogens (tertiary/aromatic N) is 13. The second-order valence-corrected chi connectivity index (χ2v) is 35.4. The maximum atomic E-state index is 11.2. The Labute approximate surface area is 896 Å². The van der Waals surface area contributed by atoms with Crippen molar-refractivity contribution in [1.82, 2.24) is 39.5 Å². The molecule has 26 heteroatoms. The molecule has 732 valence electrons. The Bertz CT molecular complexity index is 8100. The highest BCUT2D eigenvalue weighted by molar-refractivity contribution is 6.16. The molecule has 3 aliphatic rings. The lowest BCUT2D eigenvalue weighted by Gasteiger charge is -2.10. The molecule has 0 bridgehead atoms. The molecule has 11 heterocycles. The van der Waals surface area contributed by atoms with Gasteiger partial charge in [-0.2, -0.15) is 22.8 Å². The number of non-ortho nitro benzene ring substituents is 1. The normalized spacial score (nSPS) is 12.6. The summed E-state index contributed by atoms with van der Waals surface area (Å²) >= 11 is 5.60. The number of benzene rings is 11. The first kappa shape index (κ1) is 105. The van der Waals surface area contributed by atoms with Crippen LogP contribution >= 0.6 is 11.6 Å². The minimum Gasteiger partial charge on any atom is -1.00 e.